The highest BCUT2D eigenvalue weighted by molar-refractivity contribution is 5.86. The fourth-order valence-corrected chi connectivity index (χ4v) is 3.34. The molecule has 30 heavy (non-hydrogen) atoms. The molecule has 8 heteroatoms. The fourth-order valence-electron chi connectivity index (χ4n) is 3.34. The molecule has 0 saturated carbocycles. The van der Waals surface area contributed by atoms with Crippen LogP contribution >= 0.6 is 0 Å². The highest BCUT2D eigenvalue weighted by Gasteiger charge is 2.28. The maximum absolute atomic E-state index is 13.1. The van der Waals surface area contributed by atoms with Crippen molar-refractivity contribution in [1.29, 1.82) is 0 Å². The second kappa shape index (κ2) is 8.77. The van der Waals surface area contributed by atoms with E-state index < -0.39 is 41.1 Å². The summed E-state index contributed by atoms with van der Waals surface area (Å²) >= 11 is 0. The standard InChI is InChI=1S/C22H23N3O5/c1-13(2)18(21(28)29)24-19(26)17(12-14-8-4-3-5-9-14)25-20(27)15-10-6-7-11-16(15)23-22(25)30/h3-11,13,17-18H,12H2,1-2H3,(H,23,30)(H,24,26)(H,28,29)/p-1/t17-,18-/m0/s1. The van der Waals surface area contributed by atoms with Gasteiger partial charge < -0.3 is 20.2 Å². The van der Waals surface area contributed by atoms with Gasteiger partial charge in [-0.25, -0.2) is 9.36 Å². The van der Waals surface area contributed by atoms with Crippen LogP contribution in [0.1, 0.15) is 25.5 Å². The molecule has 1 amide bonds. The van der Waals surface area contributed by atoms with Gasteiger partial charge in [0, 0.05) is 6.42 Å². The van der Waals surface area contributed by atoms with Crippen molar-refractivity contribution in [2.24, 2.45) is 5.92 Å². The highest BCUT2D eigenvalue weighted by Crippen LogP contribution is 2.15. The number of carboxylic acids is 1. The minimum atomic E-state index is -1.43. The Bertz CT molecular complexity index is 1180. The van der Waals surface area contributed by atoms with Crippen molar-refractivity contribution >= 4 is 22.8 Å². The fraction of sp³-hybridized carbons (Fsp3) is 0.273. The number of carboxylic acid groups (broad SMARTS) is 1. The molecule has 0 aliphatic heterocycles. The Morgan fingerprint density at radius 3 is 2.30 bits per heavy atom. The van der Waals surface area contributed by atoms with E-state index in [1.807, 2.05) is 0 Å². The molecule has 8 nitrogen and oxygen atoms in total. The Morgan fingerprint density at radius 2 is 1.67 bits per heavy atom. The molecule has 156 valence electrons. The van der Waals surface area contributed by atoms with Gasteiger partial charge in [-0.05, 0) is 23.6 Å². The molecular weight excluding hydrogens is 386 g/mol. The lowest BCUT2D eigenvalue weighted by molar-refractivity contribution is -0.309. The maximum Gasteiger partial charge on any atom is 0.329 e. The van der Waals surface area contributed by atoms with Gasteiger partial charge in [0.25, 0.3) is 5.56 Å². The number of aliphatic carboxylic acids is 1. The molecule has 0 saturated heterocycles. The molecule has 2 atom stereocenters. The van der Waals surface area contributed by atoms with Crippen LogP contribution in [-0.2, 0) is 16.0 Å². The van der Waals surface area contributed by atoms with E-state index in [-0.39, 0.29) is 11.8 Å². The van der Waals surface area contributed by atoms with Crippen LogP contribution in [0.15, 0.2) is 64.2 Å². The number of carbonyl (C=O) groups is 2. The number of aromatic amines is 1. The van der Waals surface area contributed by atoms with E-state index in [2.05, 4.69) is 10.3 Å². The minimum Gasteiger partial charge on any atom is -0.548 e. The van der Waals surface area contributed by atoms with Gasteiger partial charge in [-0.2, -0.15) is 0 Å². The number of benzene rings is 2. The third-order valence-corrected chi connectivity index (χ3v) is 4.94. The third kappa shape index (κ3) is 4.32. The van der Waals surface area contributed by atoms with Gasteiger partial charge in [-0.1, -0.05) is 56.3 Å². The number of H-pyrrole nitrogens is 1. The normalized spacial score (nSPS) is 13.2. The molecule has 0 aliphatic carbocycles. The van der Waals surface area contributed by atoms with Gasteiger partial charge in [0.2, 0.25) is 5.91 Å². The molecule has 2 N–H and O–H groups in total. The minimum absolute atomic E-state index is 0.0336. The van der Waals surface area contributed by atoms with Crippen molar-refractivity contribution in [2.75, 3.05) is 0 Å². The number of nitrogens with zero attached hydrogens (tertiary/aromatic N) is 1. The number of amides is 1. The molecule has 0 aliphatic rings. The number of carbonyl (C=O) groups excluding carboxylic acids is 2. The van der Waals surface area contributed by atoms with Gasteiger partial charge in [0.05, 0.1) is 22.9 Å². The molecule has 0 fully saturated rings. The summed E-state index contributed by atoms with van der Waals surface area (Å²) in [5.41, 5.74) is -0.298. The second-order valence-electron chi connectivity index (χ2n) is 7.41. The molecule has 1 heterocycles. The average Bonchev–Trinajstić information content (AvgIpc) is 2.71. The average molecular weight is 408 g/mol. The SMILES string of the molecule is CC(C)[C@H](NC(=O)[C@H](Cc1ccccc1)n1c(=O)[nH]c2ccccc2c1=O)C(=O)[O-]. The zero-order chi connectivity index (χ0) is 21.8. The van der Waals surface area contributed by atoms with Crippen LogP contribution in [0.2, 0.25) is 0 Å². The van der Waals surface area contributed by atoms with E-state index in [0.717, 1.165) is 4.57 Å². The largest absolute Gasteiger partial charge is 0.548 e. The lowest BCUT2D eigenvalue weighted by Crippen LogP contribution is -2.54. The van der Waals surface area contributed by atoms with Gasteiger partial charge in [-0.3, -0.25) is 9.59 Å². The molecule has 3 aromatic rings. The van der Waals surface area contributed by atoms with Crippen LogP contribution in [-0.4, -0.2) is 27.5 Å². The quantitative estimate of drug-likeness (QED) is 0.584. The van der Waals surface area contributed by atoms with Crippen LogP contribution in [0.3, 0.4) is 0 Å². The summed E-state index contributed by atoms with van der Waals surface area (Å²) < 4.78 is 0.845. The Labute approximate surface area is 172 Å². The van der Waals surface area contributed by atoms with Crippen molar-refractivity contribution in [1.82, 2.24) is 14.9 Å². The molecule has 0 spiro atoms. The van der Waals surface area contributed by atoms with Gasteiger partial charge in [0.15, 0.2) is 0 Å². The van der Waals surface area contributed by atoms with Crippen LogP contribution < -0.4 is 21.7 Å². The first-order chi connectivity index (χ1) is 14.3. The number of rotatable bonds is 7. The van der Waals surface area contributed by atoms with Gasteiger partial charge in [0.1, 0.15) is 6.04 Å². The van der Waals surface area contributed by atoms with Gasteiger partial charge >= 0.3 is 5.69 Å². The van der Waals surface area contributed by atoms with E-state index in [1.165, 1.54) is 0 Å². The number of fused-ring (bicyclic) bond motifs is 1. The zero-order valence-corrected chi connectivity index (χ0v) is 16.6. The number of para-hydroxylation sites is 1. The Kier molecular flexibility index (Phi) is 6.15. The van der Waals surface area contributed by atoms with Crippen molar-refractivity contribution in [3.05, 3.63) is 81.0 Å². The first-order valence-electron chi connectivity index (χ1n) is 9.58. The number of hydrogen-bond acceptors (Lipinski definition) is 5. The molecule has 0 radical (unpaired) electrons. The summed E-state index contributed by atoms with van der Waals surface area (Å²) in [4.78, 5) is 53.0. The number of aromatic nitrogens is 2. The van der Waals surface area contributed by atoms with Crippen molar-refractivity contribution < 1.29 is 14.7 Å². The van der Waals surface area contributed by atoms with Crippen molar-refractivity contribution in [2.45, 2.75) is 32.4 Å². The zero-order valence-electron chi connectivity index (χ0n) is 16.6. The summed E-state index contributed by atoms with van der Waals surface area (Å²) in [7, 11) is 0. The van der Waals surface area contributed by atoms with Crippen molar-refractivity contribution in [3.63, 3.8) is 0 Å². The third-order valence-electron chi connectivity index (χ3n) is 4.94. The lowest BCUT2D eigenvalue weighted by Gasteiger charge is -2.26. The summed E-state index contributed by atoms with van der Waals surface area (Å²) in [6.07, 6.45) is 0.0336. The predicted octanol–water partition coefficient (Wildman–Crippen LogP) is 0.364. The summed E-state index contributed by atoms with van der Waals surface area (Å²) in [5, 5.41) is 14.1. The molecule has 3 rings (SSSR count). The molecule has 2 aromatic carbocycles. The van der Waals surface area contributed by atoms with Crippen molar-refractivity contribution in [3.8, 4) is 0 Å². The van der Waals surface area contributed by atoms with Crippen LogP contribution in [0.25, 0.3) is 10.9 Å². The molecule has 0 bridgehead atoms. The summed E-state index contributed by atoms with van der Waals surface area (Å²) in [5.74, 6) is -2.62. The first-order valence-corrected chi connectivity index (χ1v) is 9.58. The Balaban J connectivity index is 2.12. The first kappa shape index (κ1) is 21.0. The van der Waals surface area contributed by atoms with E-state index in [1.54, 1.807) is 68.4 Å². The predicted molar refractivity (Wildman–Crippen MR) is 110 cm³/mol. The summed E-state index contributed by atoms with van der Waals surface area (Å²) in [6.45, 7) is 3.25. The molecule has 0 unspecified atom stereocenters. The number of hydrogen-bond donors (Lipinski definition) is 2. The topological polar surface area (TPSA) is 124 Å². The smallest absolute Gasteiger partial charge is 0.329 e. The Hall–Kier alpha value is -3.68. The highest BCUT2D eigenvalue weighted by atomic mass is 16.4. The Morgan fingerprint density at radius 1 is 1.03 bits per heavy atom. The second-order valence-corrected chi connectivity index (χ2v) is 7.41. The van der Waals surface area contributed by atoms with Crippen LogP contribution in [0.5, 0.6) is 0 Å². The van der Waals surface area contributed by atoms with Gasteiger partial charge in [-0.15, -0.1) is 0 Å². The van der Waals surface area contributed by atoms with E-state index in [0.29, 0.717) is 11.1 Å². The maximum atomic E-state index is 13.1. The molecule has 1 aromatic heterocycles. The summed E-state index contributed by atoms with van der Waals surface area (Å²) in [6, 6.07) is 12.9. The lowest BCUT2D eigenvalue weighted by atomic mass is 10.0. The van der Waals surface area contributed by atoms with E-state index in [9.17, 15) is 24.3 Å². The van der Waals surface area contributed by atoms with E-state index in [4.69, 9.17) is 0 Å². The number of nitrogens with one attached hydrogen (secondary N) is 2. The van der Waals surface area contributed by atoms with Crippen LogP contribution in [0, 0.1) is 5.92 Å². The molecular formula is C22H22N3O5-. The van der Waals surface area contributed by atoms with E-state index >= 15 is 0 Å². The van der Waals surface area contributed by atoms with Crippen LogP contribution in [0.4, 0.5) is 0 Å². The monoisotopic (exact) mass is 408 g/mol.